The lowest BCUT2D eigenvalue weighted by molar-refractivity contribution is -0.169. The number of carbonyl (C=O) groups is 2. The van der Waals surface area contributed by atoms with Crippen LogP contribution in [0.2, 0.25) is 0 Å². The lowest BCUT2D eigenvalue weighted by atomic mass is 10.3. The summed E-state index contributed by atoms with van der Waals surface area (Å²) in [5.41, 5.74) is 0. The highest BCUT2D eigenvalue weighted by Gasteiger charge is 2.33. The molecule has 0 spiro atoms. The molecule has 1 aliphatic carbocycles. The number of amides is 2. The molecule has 1 aromatic rings. The van der Waals surface area contributed by atoms with E-state index in [2.05, 4.69) is 0 Å². The number of nitrogens with zero attached hydrogens (tertiary/aromatic N) is 2. The van der Waals surface area contributed by atoms with Crippen LogP contribution in [0.4, 0.5) is 0 Å². The molecule has 1 aliphatic rings. The van der Waals surface area contributed by atoms with E-state index < -0.39 is 0 Å². The Bertz CT molecular complexity index is 574. The van der Waals surface area contributed by atoms with Crippen LogP contribution in [-0.2, 0) is 14.4 Å². The van der Waals surface area contributed by atoms with Gasteiger partial charge in [-0.05, 0) is 25.0 Å². The van der Waals surface area contributed by atoms with Crippen LogP contribution in [0.15, 0.2) is 24.3 Å². The lowest BCUT2D eigenvalue weighted by Crippen LogP contribution is -2.39. The maximum absolute atomic E-state index is 12.5. The second-order valence-electron chi connectivity index (χ2n) is 5.58. The zero-order valence-electron chi connectivity index (χ0n) is 14.4. The summed E-state index contributed by atoms with van der Waals surface area (Å²) in [7, 11) is 4.54. The molecule has 132 valence electrons. The number of rotatable bonds is 9. The first-order valence-corrected chi connectivity index (χ1v) is 7.92. The van der Waals surface area contributed by atoms with E-state index in [1.165, 1.54) is 12.2 Å². The van der Waals surface area contributed by atoms with Crippen molar-refractivity contribution in [3.63, 3.8) is 0 Å². The fourth-order valence-electron chi connectivity index (χ4n) is 2.33. The second kappa shape index (κ2) is 8.54. The summed E-state index contributed by atoms with van der Waals surface area (Å²) in [6.45, 7) is 0.288. The van der Waals surface area contributed by atoms with Gasteiger partial charge in [-0.15, -0.1) is 0 Å². The minimum atomic E-state index is -0.165. The van der Waals surface area contributed by atoms with E-state index in [0.717, 1.165) is 12.8 Å². The summed E-state index contributed by atoms with van der Waals surface area (Å²) >= 11 is 0. The summed E-state index contributed by atoms with van der Waals surface area (Å²) < 4.78 is 10.8. The monoisotopic (exact) mass is 336 g/mol. The molecule has 7 heteroatoms. The van der Waals surface area contributed by atoms with Gasteiger partial charge < -0.3 is 14.4 Å². The van der Waals surface area contributed by atoms with Crippen LogP contribution in [-0.4, -0.2) is 62.2 Å². The van der Waals surface area contributed by atoms with Crippen molar-refractivity contribution in [2.45, 2.75) is 25.3 Å². The smallest absolute Gasteiger partial charge is 0.260 e. The van der Waals surface area contributed by atoms with Crippen LogP contribution in [0.1, 0.15) is 19.3 Å². The van der Waals surface area contributed by atoms with Crippen LogP contribution in [0.3, 0.4) is 0 Å². The zero-order valence-corrected chi connectivity index (χ0v) is 14.4. The molecule has 24 heavy (non-hydrogen) atoms. The van der Waals surface area contributed by atoms with Crippen molar-refractivity contribution >= 4 is 11.8 Å². The van der Waals surface area contributed by atoms with Gasteiger partial charge >= 0.3 is 0 Å². The molecule has 0 radical (unpaired) electrons. The van der Waals surface area contributed by atoms with Gasteiger partial charge in [-0.3, -0.25) is 14.4 Å². The van der Waals surface area contributed by atoms with Gasteiger partial charge in [0.2, 0.25) is 5.91 Å². The Morgan fingerprint density at radius 1 is 1.12 bits per heavy atom. The van der Waals surface area contributed by atoms with Gasteiger partial charge in [0, 0.05) is 26.1 Å². The molecule has 1 aromatic carbocycles. The first kappa shape index (κ1) is 18.1. The largest absolute Gasteiger partial charge is 0.493 e. The zero-order chi connectivity index (χ0) is 17.5. The van der Waals surface area contributed by atoms with Crippen molar-refractivity contribution in [2.24, 2.45) is 0 Å². The van der Waals surface area contributed by atoms with Crippen LogP contribution in [0.25, 0.3) is 0 Å². The third kappa shape index (κ3) is 4.86. The molecule has 0 atom stereocenters. The first-order valence-electron chi connectivity index (χ1n) is 7.92. The van der Waals surface area contributed by atoms with Crippen LogP contribution in [0, 0.1) is 0 Å². The van der Waals surface area contributed by atoms with Crippen molar-refractivity contribution in [2.75, 3.05) is 34.4 Å². The van der Waals surface area contributed by atoms with E-state index in [-0.39, 0.29) is 30.9 Å². The number of ether oxygens (including phenoxy) is 2. The molecule has 0 aliphatic heterocycles. The minimum Gasteiger partial charge on any atom is -0.493 e. The fourth-order valence-corrected chi connectivity index (χ4v) is 2.33. The Kier molecular flexibility index (Phi) is 6.43. The number of carbonyl (C=O) groups excluding carboxylic acids is 2. The van der Waals surface area contributed by atoms with Gasteiger partial charge in [0.25, 0.3) is 5.91 Å². The van der Waals surface area contributed by atoms with E-state index in [4.69, 9.17) is 14.3 Å². The Balaban J connectivity index is 1.89. The van der Waals surface area contributed by atoms with Crippen molar-refractivity contribution in [1.82, 2.24) is 9.96 Å². The van der Waals surface area contributed by atoms with Gasteiger partial charge in [0.15, 0.2) is 18.1 Å². The van der Waals surface area contributed by atoms with Crippen LogP contribution in [0.5, 0.6) is 11.5 Å². The molecule has 0 unspecified atom stereocenters. The third-order valence-electron chi connectivity index (χ3n) is 3.92. The molecular formula is C17H24N2O5. The Morgan fingerprint density at radius 3 is 2.38 bits per heavy atom. The average Bonchev–Trinajstić information content (AvgIpc) is 3.44. The molecule has 0 heterocycles. The van der Waals surface area contributed by atoms with Gasteiger partial charge in [0.05, 0.1) is 14.2 Å². The molecule has 1 fully saturated rings. The minimum absolute atomic E-state index is 0.0782. The van der Waals surface area contributed by atoms with E-state index in [1.807, 2.05) is 12.1 Å². The highest BCUT2D eigenvalue weighted by Crippen LogP contribution is 2.28. The highest BCUT2D eigenvalue weighted by molar-refractivity contribution is 5.80. The number of hydrogen-bond acceptors (Lipinski definition) is 5. The summed E-state index contributed by atoms with van der Waals surface area (Å²) in [5, 5.41) is 1.17. The predicted molar refractivity (Wildman–Crippen MR) is 87.6 cm³/mol. The van der Waals surface area contributed by atoms with Gasteiger partial charge in [0.1, 0.15) is 0 Å². The normalized spacial score (nSPS) is 13.3. The number of hydrogen-bond donors (Lipinski definition) is 0. The Hall–Kier alpha value is -2.28. The topological polar surface area (TPSA) is 68.3 Å². The Morgan fingerprint density at radius 2 is 1.79 bits per heavy atom. The summed E-state index contributed by atoms with van der Waals surface area (Å²) in [4.78, 5) is 30.8. The third-order valence-corrected chi connectivity index (χ3v) is 3.92. The van der Waals surface area contributed by atoms with Crippen LogP contribution < -0.4 is 9.47 Å². The van der Waals surface area contributed by atoms with Crippen molar-refractivity contribution in [3.8, 4) is 11.5 Å². The quantitative estimate of drug-likeness (QED) is 0.639. The number of hydroxylamine groups is 2. The maximum Gasteiger partial charge on any atom is 0.260 e. The number of methoxy groups -OCH3 is 1. The van der Waals surface area contributed by atoms with E-state index >= 15 is 0 Å². The van der Waals surface area contributed by atoms with Crippen molar-refractivity contribution in [1.29, 1.82) is 0 Å². The fraction of sp³-hybridized carbons (Fsp3) is 0.529. The maximum atomic E-state index is 12.5. The lowest BCUT2D eigenvalue weighted by Gasteiger charge is -2.23. The first-order chi connectivity index (χ1) is 11.6. The molecular weight excluding hydrogens is 312 g/mol. The van der Waals surface area contributed by atoms with E-state index in [0.29, 0.717) is 18.0 Å². The van der Waals surface area contributed by atoms with E-state index in [1.54, 1.807) is 31.2 Å². The molecule has 0 saturated heterocycles. The Labute approximate surface area is 142 Å². The van der Waals surface area contributed by atoms with Crippen molar-refractivity contribution < 1.29 is 23.9 Å². The molecule has 2 amide bonds. The second-order valence-corrected chi connectivity index (χ2v) is 5.58. The predicted octanol–water partition coefficient (Wildman–Crippen LogP) is 1.47. The van der Waals surface area contributed by atoms with Gasteiger partial charge in [-0.2, -0.15) is 0 Å². The molecule has 0 aromatic heterocycles. The summed E-state index contributed by atoms with van der Waals surface area (Å²) in [5.74, 6) is 0.817. The average molecular weight is 336 g/mol. The highest BCUT2D eigenvalue weighted by atomic mass is 16.7. The number of benzene rings is 1. The molecule has 7 nitrogen and oxygen atoms in total. The molecule has 0 N–H and O–H groups in total. The SMILES string of the molecule is COc1ccccc1OCC(=O)N(CCC(=O)N(C)OC)C1CC1. The van der Waals surface area contributed by atoms with Crippen molar-refractivity contribution in [3.05, 3.63) is 24.3 Å². The molecule has 2 rings (SSSR count). The standard InChI is InChI=1S/C17H24N2O5/c1-18(23-3)16(20)10-11-19(13-8-9-13)17(21)12-24-15-7-5-4-6-14(15)22-2/h4-7,13H,8-12H2,1-3H3. The number of para-hydroxylation sites is 2. The van der Waals surface area contributed by atoms with Gasteiger partial charge in [-0.25, -0.2) is 5.06 Å². The molecule has 1 saturated carbocycles. The summed E-state index contributed by atoms with van der Waals surface area (Å²) in [6.07, 6.45) is 2.16. The summed E-state index contributed by atoms with van der Waals surface area (Å²) in [6, 6.07) is 7.39. The molecule has 0 bridgehead atoms. The van der Waals surface area contributed by atoms with Crippen LogP contribution >= 0.6 is 0 Å². The van der Waals surface area contributed by atoms with E-state index in [9.17, 15) is 9.59 Å². The van der Waals surface area contributed by atoms with Gasteiger partial charge in [-0.1, -0.05) is 12.1 Å².